The lowest BCUT2D eigenvalue weighted by Gasteiger charge is -2.35. The van der Waals surface area contributed by atoms with Gasteiger partial charge < -0.3 is 9.80 Å². The molecule has 0 N–H and O–H groups in total. The van der Waals surface area contributed by atoms with E-state index in [1.54, 1.807) is 29.5 Å². The summed E-state index contributed by atoms with van der Waals surface area (Å²) in [7, 11) is 1.81. The molecule has 1 saturated heterocycles. The Morgan fingerprint density at radius 1 is 1.14 bits per heavy atom. The van der Waals surface area contributed by atoms with E-state index in [2.05, 4.69) is 20.0 Å². The van der Waals surface area contributed by atoms with Gasteiger partial charge in [0.1, 0.15) is 5.82 Å². The summed E-state index contributed by atoms with van der Waals surface area (Å²) in [6.07, 6.45) is 6.87. The van der Waals surface area contributed by atoms with E-state index in [1.165, 1.54) is 0 Å². The minimum Gasteiger partial charge on any atom is -0.352 e. The van der Waals surface area contributed by atoms with E-state index in [4.69, 9.17) is 0 Å². The van der Waals surface area contributed by atoms with Crippen molar-refractivity contribution in [3.05, 3.63) is 36.0 Å². The van der Waals surface area contributed by atoms with Crippen LogP contribution in [0.5, 0.6) is 0 Å². The van der Waals surface area contributed by atoms with Crippen molar-refractivity contribution in [3.63, 3.8) is 0 Å². The summed E-state index contributed by atoms with van der Waals surface area (Å²) in [6, 6.07) is 0. The number of rotatable bonds is 2. The van der Waals surface area contributed by atoms with Gasteiger partial charge in [0.25, 0.3) is 5.91 Å². The molecule has 7 nitrogen and oxygen atoms in total. The molecule has 0 saturated carbocycles. The van der Waals surface area contributed by atoms with E-state index in [1.807, 2.05) is 18.9 Å². The molecule has 0 radical (unpaired) electrons. The van der Waals surface area contributed by atoms with E-state index in [9.17, 15) is 4.79 Å². The maximum absolute atomic E-state index is 12.3. The Bertz CT molecular complexity index is 644. The topological polar surface area (TPSA) is 67.2 Å². The second-order valence-corrected chi connectivity index (χ2v) is 5.20. The third-order valence-electron chi connectivity index (χ3n) is 3.58. The molecule has 2 aromatic rings. The van der Waals surface area contributed by atoms with Gasteiger partial charge in [-0.3, -0.25) is 14.5 Å². The number of piperazine rings is 1. The highest BCUT2D eigenvalue weighted by molar-refractivity contribution is 5.93. The number of anilines is 1. The van der Waals surface area contributed by atoms with Gasteiger partial charge in [-0.05, 0) is 6.92 Å². The van der Waals surface area contributed by atoms with Crippen LogP contribution in [0.3, 0.4) is 0 Å². The molecule has 7 heteroatoms. The zero-order valence-corrected chi connectivity index (χ0v) is 12.2. The first-order valence-electron chi connectivity index (χ1n) is 6.95. The standard InChI is InChI=1S/C14H18N6O/c1-11-7-15-9-13(17-11)19-3-5-20(6-4-19)14(21)12-8-16-18(2)10-12/h7-10H,3-6H2,1-2H3. The van der Waals surface area contributed by atoms with E-state index < -0.39 is 0 Å². The van der Waals surface area contributed by atoms with Crippen LogP contribution in [0.1, 0.15) is 16.1 Å². The van der Waals surface area contributed by atoms with Crippen LogP contribution in [0.15, 0.2) is 24.8 Å². The lowest BCUT2D eigenvalue weighted by molar-refractivity contribution is 0.0746. The molecule has 1 aliphatic rings. The Morgan fingerprint density at radius 3 is 2.52 bits per heavy atom. The smallest absolute Gasteiger partial charge is 0.257 e. The Hall–Kier alpha value is -2.44. The van der Waals surface area contributed by atoms with Crippen molar-refractivity contribution in [3.8, 4) is 0 Å². The largest absolute Gasteiger partial charge is 0.352 e. The van der Waals surface area contributed by atoms with Crippen LogP contribution < -0.4 is 4.90 Å². The quantitative estimate of drug-likeness (QED) is 0.803. The van der Waals surface area contributed by atoms with Crippen molar-refractivity contribution in [2.75, 3.05) is 31.1 Å². The Kier molecular flexibility index (Phi) is 3.55. The van der Waals surface area contributed by atoms with Gasteiger partial charge in [0.05, 0.1) is 23.7 Å². The molecular weight excluding hydrogens is 268 g/mol. The van der Waals surface area contributed by atoms with Crippen LogP contribution in [0.4, 0.5) is 5.82 Å². The molecule has 2 aromatic heterocycles. The van der Waals surface area contributed by atoms with Crippen LogP contribution in [0.25, 0.3) is 0 Å². The minimum atomic E-state index is 0.0399. The zero-order chi connectivity index (χ0) is 14.8. The summed E-state index contributed by atoms with van der Waals surface area (Å²) in [5, 5.41) is 4.05. The van der Waals surface area contributed by atoms with Crippen molar-refractivity contribution < 1.29 is 4.79 Å². The third kappa shape index (κ3) is 2.86. The van der Waals surface area contributed by atoms with Gasteiger partial charge in [0.2, 0.25) is 0 Å². The predicted octanol–water partition coefficient (Wildman–Crippen LogP) is 0.481. The summed E-state index contributed by atoms with van der Waals surface area (Å²) in [5.74, 6) is 0.918. The molecular formula is C14H18N6O. The van der Waals surface area contributed by atoms with Gasteiger partial charge in [0, 0.05) is 45.6 Å². The fourth-order valence-electron chi connectivity index (χ4n) is 2.46. The summed E-state index contributed by atoms with van der Waals surface area (Å²) in [5.41, 5.74) is 1.54. The molecule has 0 aromatic carbocycles. The Morgan fingerprint density at radius 2 is 1.90 bits per heavy atom. The first-order valence-corrected chi connectivity index (χ1v) is 6.95. The molecule has 1 aliphatic heterocycles. The number of carbonyl (C=O) groups is 1. The average molecular weight is 286 g/mol. The number of nitrogens with zero attached hydrogens (tertiary/aromatic N) is 6. The van der Waals surface area contributed by atoms with E-state index in [-0.39, 0.29) is 5.91 Å². The molecule has 0 spiro atoms. The number of aryl methyl sites for hydroxylation is 2. The molecule has 3 rings (SSSR count). The van der Waals surface area contributed by atoms with Gasteiger partial charge in [-0.25, -0.2) is 4.98 Å². The zero-order valence-electron chi connectivity index (χ0n) is 12.2. The Balaban J connectivity index is 1.64. The monoisotopic (exact) mass is 286 g/mol. The molecule has 0 aliphatic carbocycles. The number of carbonyl (C=O) groups excluding carboxylic acids is 1. The molecule has 0 atom stereocenters. The van der Waals surface area contributed by atoms with E-state index in [0.29, 0.717) is 18.7 Å². The number of amides is 1. The summed E-state index contributed by atoms with van der Waals surface area (Å²) < 4.78 is 1.64. The lowest BCUT2D eigenvalue weighted by Crippen LogP contribution is -2.49. The molecule has 0 unspecified atom stereocenters. The van der Waals surface area contributed by atoms with Gasteiger partial charge in [-0.2, -0.15) is 5.10 Å². The van der Waals surface area contributed by atoms with Crippen LogP contribution in [0, 0.1) is 6.92 Å². The SMILES string of the molecule is Cc1cncc(N2CCN(C(=O)c3cnn(C)c3)CC2)n1. The van der Waals surface area contributed by atoms with Crippen LogP contribution in [-0.2, 0) is 7.05 Å². The average Bonchev–Trinajstić information content (AvgIpc) is 2.93. The Labute approximate surface area is 123 Å². The number of hydrogen-bond donors (Lipinski definition) is 0. The molecule has 3 heterocycles. The summed E-state index contributed by atoms with van der Waals surface area (Å²) in [4.78, 5) is 25.0. The van der Waals surface area contributed by atoms with Crippen molar-refractivity contribution in [1.82, 2.24) is 24.6 Å². The number of aromatic nitrogens is 4. The summed E-state index contributed by atoms with van der Waals surface area (Å²) in [6.45, 7) is 4.83. The van der Waals surface area contributed by atoms with Gasteiger partial charge in [-0.15, -0.1) is 0 Å². The first kappa shape index (κ1) is 13.5. The van der Waals surface area contributed by atoms with Crippen LogP contribution in [-0.4, -0.2) is 56.7 Å². The maximum Gasteiger partial charge on any atom is 0.257 e. The van der Waals surface area contributed by atoms with Crippen LogP contribution >= 0.6 is 0 Å². The second-order valence-electron chi connectivity index (χ2n) is 5.20. The predicted molar refractivity (Wildman–Crippen MR) is 78.1 cm³/mol. The van der Waals surface area contributed by atoms with E-state index >= 15 is 0 Å². The van der Waals surface area contributed by atoms with Crippen molar-refractivity contribution in [2.24, 2.45) is 7.05 Å². The molecule has 21 heavy (non-hydrogen) atoms. The second kappa shape index (κ2) is 5.51. The highest BCUT2D eigenvalue weighted by Gasteiger charge is 2.23. The van der Waals surface area contributed by atoms with Crippen LogP contribution in [0.2, 0.25) is 0 Å². The highest BCUT2D eigenvalue weighted by atomic mass is 16.2. The van der Waals surface area contributed by atoms with Gasteiger partial charge >= 0.3 is 0 Å². The fourth-order valence-corrected chi connectivity index (χ4v) is 2.46. The minimum absolute atomic E-state index is 0.0399. The third-order valence-corrected chi connectivity index (χ3v) is 3.58. The lowest BCUT2D eigenvalue weighted by atomic mass is 10.2. The highest BCUT2D eigenvalue weighted by Crippen LogP contribution is 2.14. The van der Waals surface area contributed by atoms with Gasteiger partial charge in [0.15, 0.2) is 0 Å². The number of hydrogen-bond acceptors (Lipinski definition) is 5. The van der Waals surface area contributed by atoms with Gasteiger partial charge in [-0.1, -0.05) is 0 Å². The van der Waals surface area contributed by atoms with Crippen molar-refractivity contribution in [2.45, 2.75) is 6.92 Å². The molecule has 1 fully saturated rings. The summed E-state index contributed by atoms with van der Waals surface area (Å²) >= 11 is 0. The fraction of sp³-hybridized carbons (Fsp3) is 0.429. The van der Waals surface area contributed by atoms with E-state index in [0.717, 1.165) is 24.6 Å². The normalized spacial score (nSPS) is 15.3. The first-order chi connectivity index (χ1) is 10.1. The molecule has 0 bridgehead atoms. The van der Waals surface area contributed by atoms with Crippen molar-refractivity contribution in [1.29, 1.82) is 0 Å². The van der Waals surface area contributed by atoms with Crippen molar-refractivity contribution >= 4 is 11.7 Å². The molecule has 110 valence electrons. The maximum atomic E-state index is 12.3. The molecule has 1 amide bonds.